The van der Waals surface area contributed by atoms with Gasteiger partial charge in [0, 0.05) is 6.54 Å². The summed E-state index contributed by atoms with van der Waals surface area (Å²) >= 11 is 0. The molecule has 0 heterocycles. The lowest BCUT2D eigenvalue weighted by Gasteiger charge is -2.14. The molecule has 3 N–H and O–H groups in total. The van der Waals surface area contributed by atoms with E-state index in [2.05, 4.69) is 10.6 Å². The summed E-state index contributed by atoms with van der Waals surface area (Å²) in [7, 11) is 0. The Labute approximate surface area is 113 Å². The van der Waals surface area contributed by atoms with E-state index in [4.69, 9.17) is 5.11 Å². The lowest BCUT2D eigenvalue weighted by atomic mass is 10.1. The maximum atomic E-state index is 11.6. The van der Waals surface area contributed by atoms with E-state index in [0.717, 1.165) is 11.1 Å². The van der Waals surface area contributed by atoms with Crippen molar-refractivity contribution in [2.45, 2.75) is 39.3 Å². The summed E-state index contributed by atoms with van der Waals surface area (Å²) in [5.74, 6) is -1.01. The topological polar surface area (TPSA) is 78.4 Å². The van der Waals surface area contributed by atoms with Crippen molar-refractivity contribution in [3.05, 3.63) is 35.4 Å². The van der Waals surface area contributed by atoms with Gasteiger partial charge in [0.1, 0.15) is 6.04 Å². The molecular weight excluding hydrogens is 244 g/mol. The number of urea groups is 1. The van der Waals surface area contributed by atoms with Gasteiger partial charge in [-0.3, -0.25) is 0 Å². The normalized spacial score (nSPS) is 11.7. The molecule has 0 aliphatic carbocycles. The first kappa shape index (κ1) is 15.0. The van der Waals surface area contributed by atoms with E-state index in [0.29, 0.717) is 19.4 Å². The molecule has 5 heteroatoms. The number of hydrogen-bond acceptors (Lipinski definition) is 2. The molecule has 0 aliphatic heterocycles. The first-order valence-electron chi connectivity index (χ1n) is 6.35. The number of aryl methyl sites for hydroxylation is 1. The molecule has 0 aromatic heterocycles. The lowest BCUT2D eigenvalue weighted by Crippen LogP contribution is -2.45. The minimum Gasteiger partial charge on any atom is -0.480 e. The van der Waals surface area contributed by atoms with Crippen LogP contribution < -0.4 is 10.6 Å². The van der Waals surface area contributed by atoms with Gasteiger partial charge in [-0.2, -0.15) is 0 Å². The van der Waals surface area contributed by atoms with Crippen LogP contribution in [0.15, 0.2) is 24.3 Å². The summed E-state index contributed by atoms with van der Waals surface area (Å²) < 4.78 is 0. The summed E-state index contributed by atoms with van der Waals surface area (Å²) in [4.78, 5) is 22.5. The van der Waals surface area contributed by atoms with Crippen molar-refractivity contribution in [1.82, 2.24) is 10.6 Å². The number of carbonyl (C=O) groups excluding carboxylic acids is 1. The van der Waals surface area contributed by atoms with Gasteiger partial charge in [0.25, 0.3) is 0 Å². The highest BCUT2D eigenvalue weighted by Crippen LogP contribution is 2.03. The van der Waals surface area contributed by atoms with Gasteiger partial charge in [-0.1, -0.05) is 43.2 Å². The zero-order chi connectivity index (χ0) is 14.3. The van der Waals surface area contributed by atoms with Crippen LogP contribution in [0.3, 0.4) is 0 Å². The molecule has 0 spiro atoms. The van der Waals surface area contributed by atoms with E-state index in [1.54, 1.807) is 0 Å². The fourth-order valence-corrected chi connectivity index (χ4v) is 1.76. The lowest BCUT2D eigenvalue weighted by molar-refractivity contribution is -0.139. The molecule has 1 aromatic rings. The highest BCUT2D eigenvalue weighted by molar-refractivity contribution is 5.82. The van der Waals surface area contributed by atoms with Crippen molar-refractivity contribution in [2.24, 2.45) is 0 Å². The number of rotatable bonds is 6. The van der Waals surface area contributed by atoms with Crippen molar-refractivity contribution in [1.29, 1.82) is 0 Å². The first-order valence-corrected chi connectivity index (χ1v) is 6.35. The number of nitrogens with one attached hydrogen (secondary N) is 2. The molecule has 0 saturated carbocycles. The van der Waals surface area contributed by atoms with Gasteiger partial charge >= 0.3 is 12.0 Å². The fourth-order valence-electron chi connectivity index (χ4n) is 1.76. The van der Waals surface area contributed by atoms with Gasteiger partial charge in [-0.05, 0) is 18.9 Å². The van der Waals surface area contributed by atoms with E-state index in [1.807, 2.05) is 38.1 Å². The van der Waals surface area contributed by atoms with Gasteiger partial charge in [-0.25, -0.2) is 9.59 Å². The van der Waals surface area contributed by atoms with Crippen LogP contribution in [0.1, 0.15) is 30.9 Å². The van der Waals surface area contributed by atoms with Crippen molar-refractivity contribution in [3.8, 4) is 0 Å². The molecule has 19 heavy (non-hydrogen) atoms. The molecule has 0 bridgehead atoms. The van der Waals surface area contributed by atoms with Crippen LogP contribution in [0.5, 0.6) is 0 Å². The van der Waals surface area contributed by atoms with Crippen LogP contribution in [-0.2, 0) is 11.3 Å². The molecular formula is C14H20N2O3. The average Bonchev–Trinajstić information content (AvgIpc) is 2.36. The Morgan fingerprint density at radius 1 is 1.37 bits per heavy atom. The SMILES string of the molecule is CCCC(NC(=O)NCc1cccc(C)c1)C(=O)O. The van der Waals surface area contributed by atoms with Crippen LogP contribution >= 0.6 is 0 Å². The van der Waals surface area contributed by atoms with Crippen LogP contribution in [-0.4, -0.2) is 23.1 Å². The number of benzene rings is 1. The summed E-state index contributed by atoms with van der Waals surface area (Å²) in [6.07, 6.45) is 1.13. The van der Waals surface area contributed by atoms with Crippen LogP contribution in [0, 0.1) is 6.92 Å². The number of carbonyl (C=O) groups is 2. The Morgan fingerprint density at radius 2 is 2.11 bits per heavy atom. The van der Waals surface area contributed by atoms with Gasteiger partial charge in [0.05, 0.1) is 0 Å². The van der Waals surface area contributed by atoms with Crippen molar-refractivity contribution < 1.29 is 14.7 Å². The van der Waals surface area contributed by atoms with Gasteiger partial charge in [-0.15, -0.1) is 0 Å². The fraction of sp³-hybridized carbons (Fsp3) is 0.429. The molecule has 0 fully saturated rings. The summed E-state index contributed by atoms with van der Waals surface area (Å²) in [6, 6.07) is 6.49. The maximum Gasteiger partial charge on any atom is 0.326 e. The molecule has 0 radical (unpaired) electrons. The average molecular weight is 264 g/mol. The summed E-state index contributed by atoms with van der Waals surface area (Å²) in [5.41, 5.74) is 2.10. The molecule has 5 nitrogen and oxygen atoms in total. The van der Waals surface area contributed by atoms with E-state index in [-0.39, 0.29) is 0 Å². The van der Waals surface area contributed by atoms with Crippen LogP contribution in [0.25, 0.3) is 0 Å². The van der Waals surface area contributed by atoms with Crippen LogP contribution in [0.4, 0.5) is 4.79 Å². The van der Waals surface area contributed by atoms with Gasteiger partial charge in [0.2, 0.25) is 0 Å². The summed E-state index contributed by atoms with van der Waals surface area (Å²) in [5, 5.41) is 14.0. The second kappa shape index (κ2) is 7.41. The smallest absolute Gasteiger partial charge is 0.326 e. The van der Waals surface area contributed by atoms with Crippen LogP contribution in [0.2, 0.25) is 0 Å². The molecule has 0 aliphatic rings. The molecule has 1 rings (SSSR count). The zero-order valence-electron chi connectivity index (χ0n) is 11.3. The predicted molar refractivity (Wildman–Crippen MR) is 72.9 cm³/mol. The number of carboxylic acids is 1. The van der Waals surface area contributed by atoms with Crippen molar-refractivity contribution in [2.75, 3.05) is 0 Å². The van der Waals surface area contributed by atoms with E-state index < -0.39 is 18.0 Å². The molecule has 2 amide bonds. The minimum atomic E-state index is -1.01. The number of carboxylic acid groups (broad SMARTS) is 1. The highest BCUT2D eigenvalue weighted by Gasteiger charge is 2.18. The molecule has 1 aromatic carbocycles. The monoisotopic (exact) mass is 264 g/mol. The van der Waals surface area contributed by atoms with Gasteiger partial charge < -0.3 is 15.7 Å². The largest absolute Gasteiger partial charge is 0.480 e. The highest BCUT2D eigenvalue weighted by atomic mass is 16.4. The second-order valence-electron chi connectivity index (χ2n) is 4.50. The third-order valence-corrected chi connectivity index (χ3v) is 2.72. The van der Waals surface area contributed by atoms with Crippen molar-refractivity contribution in [3.63, 3.8) is 0 Å². The standard InChI is InChI=1S/C14H20N2O3/c1-3-5-12(13(17)18)16-14(19)15-9-11-7-4-6-10(2)8-11/h4,6-8,12H,3,5,9H2,1-2H3,(H,17,18)(H2,15,16,19). The number of hydrogen-bond donors (Lipinski definition) is 3. The van der Waals surface area contributed by atoms with E-state index >= 15 is 0 Å². The Bertz CT molecular complexity index is 446. The number of amides is 2. The van der Waals surface area contributed by atoms with Gasteiger partial charge in [0.15, 0.2) is 0 Å². The molecule has 104 valence electrons. The third kappa shape index (κ3) is 5.42. The zero-order valence-corrected chi connectivity index (χ0v) is 11.3. The predicted octanol–water partition coefficient (Wildman–Crippen LogP) is 2.05. The Balaban J connectivity index is 2.44. The molecule has 0 saturated heterocycles. The minimum absolute atomic E-state index is 0.381. The number of aliphatic carboxylic acids is 1. The van der Waals surface area contributed by atoms with E-state index in [1.165, 1.54) is 0 Å². The quantitative estimate of drug-likeness (QED) is 0.735. The van der Waals surface area contributed by atoms with Crippen molar-refractivity contribution >= 4 is 12.0 Å². The molecule has 1 atom stereocenters. The first-order chi connectivity index (χ1) is 9.02. The Hall–Kier alpha value is -2.04. The third-order valence-electron chi connectivity index (χ3n) is 2.72. The summed E-state index contributed by atoms with van der Waals surface area (Å²) in [6.45, 7) is 4.24. The Kier molecular flexibility index (Phi) is 5.85. The molecule has 1 unspecified atom stereocenters. The second-order valence-corrected chi connectivity index (χ2v) is 4.50. The van der Waals surface area contributed by atoms with E-state index in [9.17, 15) is 9.59 Å². The maximum absolute atomic E-state index is 11.6. The Morgan fingerprint density at radius 3 is 2.68 bits per heavy atom.